The number of esters is 1. The summed E-state index contributed by atoms with van der Waals surface area (Å²) >= 11 is 6.93. The highest BCUT2D eigenvalue weighted by atomic mass is 79.9. The topological polar surface area (TPSA) is 88.1 Å². The summed E-state index contributed by atoms with van der Waals surface area (Å²) in [6.07, 6.45) is 0. The molecule has 6 nitrogen and oxygen atoms in total. The molecule has 132 valence electrons. The Kier molecular flexibility index (Phi) is 5.30. The quantitative estimate of drug-likeness (QED) is 0.562. The Morgan fingerprint density at radius 2 is 2.04 bits per heavy atom. The molecule has 0 saturated carbocycles. The molecule has 0 aliphatic heterocycles. The van der Waals surface area contributed by atoms with Crippen molar-refractivity contribution in [2.24, 2.45) is 0 Å². The lowest BCUT2D eigenvalue weighted by molar-refractivity contribution is 0.0516. The van der Waals surface area contributed by atoms with E-state index in [1.165, 1.54) is 0 Å². The lowest BCUT2D eigenvalue weighted by atomic mass is 10.2. The minimum Gasteiger partial charge on any atom is -0.505 e. The van der Waals surface area contributed by atoms with Crippen molar-refractivity contribution in [3.8, 4) is 11.8 Å². The predicted octanol–water partition coefficient (Wildman–Crippen LogP) is 4.36. The molecule has 3 rings (SSSR count). The van der Waals surface area contributed by atoms with Crippen LogP contribution in [0.1, 0.15) is 28.7 Å². The maximum absolute atomic E-state index is 12.1. The molecule has 0 amide bonds. The highest BCUT2D eigenvalue weighted by Gasteiger charge is 2.27. The first kappa shape index (κ1) is 18.4. The number of hydrogen-bond donors (Lipinski definition) is 1. The molecule has 2 aromatic heterocycles. The van der Waals surface area contributed by atoms with Crippen molar-refractivity contribution in [2.45, 2.75) is 13.5 Å². The summed E-state index contributed by atoms with van der Waals surface area (Å²) in [5.41, 5.74) is 1.19. The standard InChI is InChI=1S/C18H13Br2N3O3/c1-2-26-18(25)14-16(24)12-13(19)17(20)23(15(12)11(8-21)22-14)9-10-6-4-3-5-7-10/h3-7,24H,2,9H2,1H3. The number of nitrogens with zero attached hydrogens (tertiary/aromatic N) is 3. The number of carbonyl (C=O) groups is 1. The van der Waals surface area contributed by atoms with E-state index in [0.717, 1.165) is 5.56 Å². The molecule has 0 unspecified atom stereocenters. The third-order valence-corrected chi connectivity index (χ3v) is 5.94. The van der Waals surface area contributed by atoms with Crippen LogP contribution in [-0.4, -0.2) is 27.2 Å². The molecule has 0 aliphatic rings. The SMILES string of the molecule is CCOC(=O)c1nc(C#N)c2c(c1O)c(Br)c(Br)n2Cc1ccccc1. The summed E-state index contributed by atoms with van der Waals surface area (Å²) < 4.78 is 7.90. The van der Waals surface area contributed by atoms with Gasteiger partial charge in [-0.25, -0.2) is 9.78 Å². The molecule has 0 radical (unpaired) electrons. The fourth-order valence-corrected chi connectivity index (χ4v) is 3.78. The highest BCUT2D eigenvalue weighted by Crippen LogP contribution is 2.42. The Morgan fingerprint density at radius 1 is 1.35 bits per heavy atom. The van der Waals surface area contributed by atoms with E-state index in [9.17, 15) is 15.2 Å². The Labute approximate surface area is 166 Å². The smallest absolute Gasteiger partial charge is 0.360 e. The summed E-state index contributed by atoms with van der Waals surface area (Å²) in [7, 11) is 0. The third kappa shape index (κ3) is 3.08. The van der Waals surface area contributed by atoms with E-state index in [-0.39, 0.29) is 23.7 Å². The molecule has 0 atom stereocenters. The van der Waals surface area contributed by atoms with E-state index >= 15 is 0 Å². The van der Waals surface area contributed by atoms with Crippen LogP contribution in [0.3, 0.4) is 0 Å². The fourth-order valence-electron chi connectivity index (χ4n) is 2.69. The Bertz CT molecular complexity index is 1040. The second-order valence-electron chi connectivity index (χ2n) is 5.39. The van der Waals surface area contributed by atoms with E-state index < -0.39 is 5.97 Å². The summed E-state index contributed by atoms with van der Waals surface area (Å²) in [5, 5.41) is 20.5. The lowest BCUT2D eigenvalue weighted by Gasteiger charge is -2.10. The zero-order chi connectivity index (χ0) is 18.8. The number of halogens is 2. The second kappa shape index (κ2) is 7.48. The predicted molar refractivity (Wildman–Crippen MR) is 103 cm³/mol. The average Bonchev–Trinajstić information content (AvgIpc) is 2.89. The van der Waals surface area contributed by atoms with Gasteiger partial charge in [0.2, 0.25) is 0 Å². The maximum atomic E-state index is 12.1. The van der Waals surface area contributed by atoms with Gasteiger partial charge in [0.05, 0.1) is 22.0 Å². The van der Waals surface area contributed by atoms with Gasteiger partial charge in [-0.15, -0.1) is 0 Å². The number of aromatic nitrogens is 2. The number of nitriles is 1. The largest absolute Gasteiger partial charge is 0.505 e. The van der Waals surface area contributed by atoms with Gasteiger partial charge >= 0.3 is 5.97 Å². The normalized spacial score (nSPS) is 10.7. The lowest BCUT2D eigenvalue weighted by Crippen LogP contribution is -2.10. The zero-order valence-corrected chi connectivity index (χ0v) is 16.8. The van der Waals surface area contributed by atoms with Crippen LogP contribution in [0, 0.1) is 11.3 Å². The van der Waals surface area contributed by atoms with Crippen molar-refractivity contribution in [1.29, 1.82) is 5.26 Å². The molecule has 0 aliphatic carbocycles. The first-order valence-electron chi connectivity index (χ1n) is 7.70. The van der Waals surface area contributed by atoms with E-state index in [1.54, 1.807) is 6.92 Å². The molecule has 0 saturated heterocycles. The van der Waals surface area contributed by atoms with Crippen LogP contribution in [0.4, 0.5) is 0 Å². The zero-order valence-electron chi connectivity index (χ0n) is 13.7. The van der Waals surface area contributed by atoms with Crippen molar-refractivity contribution in [3.05, 3.63) is 56.4 Å². The number of benzene rings is 1. The second-order valence-corrected chi connectivity index (χ2v) is 6.93. The van der Waals surface area contributed by atoms with Gasteiger partial charge in [0.1, 0.15) is 10.7 Å². The molecular formula is C18H13Br2N3O3. The summed E-state index contributed by atoms with van der Waals surface area (Å²) in [4.78, 5) is 16.1. The first-order chi connectivity index (χ1) is 12.5. The van der Waals surface area contributed by atoms with Crippen molar-refractivity contribution in [3.63, 3.8) is 0 Å². The Morgan fingerprint density at radius 3 is 2.65 bits per heavy atom. The minimum absolute atomic E-state index is 0.0307. The number of ether oxygens (including phenoxy) is 1. The molecule has 26 heavy (non-hydrogen) atoms. The number of hydrogen-bond acceptors (Lipinski definition) is 5. The molecule has 1 aromatic carbocycles. The molecule has 1 N–H and O–H groups in total. The van der Waals surface area contributed by atoms with Crippen molar-refractivity contribution in [1.82, 2.24) is 9.55 Å². The van der Waals surface area contributed by atoms with Gasteiger partial charge in [0.25, 0.3) is 0 Å². The van der Waals surface area contributed by atoms with E-state index in [1.807, 2.05) is 41.0 Å². The number of aromatic hydroxyl groups is 1. The monoisotopic (exact) mass is 477 g/mol. The van der Waals surface area contributed by atoms with Crippen molar-refractivity contribution >= 4 is 48.7 Å². The minimum atomic E-state index is -0.776. The van der Waals surface area contributed by atoms with Crippen LogP contribution in [-0.2, 0) is 11.3 Å². The van der Waals surface area contributed by atoms with Crippen LogP contribution in [0.2, 0.25) is 0 Å². The number of rotatable bonds is 4. The summed E-state index contributed by atoms with van der Waals surface area (Å²) in [5.74, 6) is -1.10. The summed E-state index contributed by atoms with van der Waals surface area (Å²) in [6.45, 7) is 2.25. The Balaban J connectivity index is 2.29. The molecule has 8 heteroatoms. The van der Waals surface area contributed by atoms with E-state index in [4.69, 9.17) is 4.74 Å². The average molecular weight is 479 g/mol. The van der Waals surface area contributed by atoms with E-state index in [2.05, 4.69) is 36.8 Å². The number of carbonyl (C=O) groups excluding carboxylic acids is 1. The van der Waals surface area contributed by atoms with Gasteiger partial charge in [0.15, 0.2) is 17.1 Å². The van der Waals surface area contributed by atoms with Crippen LogP contribution in [0.25, 0.3) is 10.9 Å². The molecule has 3 aromatic rings. The van der Waals surface area contributed by atoms with Crippen molar-refractivity contribution < 1.29 is 14.6 Å². The fraction of sp³-hybridized carbons (Fsp3) is 0.167. The van der Waals surface area contributed by atoms with Gasteiger partial charge < -0.3 is 14.4 Å². The molecule has 2 heterocycles. The van der Waals surface area contributed by atoms with Crippen LogP contribution < -0.4 is 0 Å². The molecule has 0 bridgehead atoms. The number of pyridine rings is 1. The highest BCUT2D eigenvalue weighted by molar-refractivity contribution is 9.13. The number of fused-ring (bicyclic) bond motifs is 1. The van der Waals surface area contributed by atoms with Gasteiger partial charge in [-0.1, -0.05) is 30.3 Å². The maximum Gasteiger partial charge on any atom is 0.360 e. The van der Waals surface area contributed by atoms with Crippen LogP contribution in [0.5, 0.6) is 5.75 Å². The van der Waals surface area contributed by atoms with Crippen LogP contribution >= 0.6 is 31.9 Å². The molecule has 0 spiro atoms. The van der Waals surface area contributed by atoms with Gasteiger partial charge in [0, 0.05) is 6.54 Å². The van der Waals surface area contributed by atoms with Crippen molar-refractivity contribution in [2.75, 3.05) is 6.61 Å². The van der Waals surface area contributed by atoms with E-state index in [0.29, 0.717) is 26.5 Å². The van der Waals surface area contributed by atoms with Gasteiger partial charge in [-0.2, -0.15) is 5.26 Å². The third-order valence-electron chi connectivity index (χ3n) is 3.81. The Hall–Kier alpha value is -2.37. The molecular weight excluding hydrogens is 466 g/mol. The molecule has 0 fully saturated rings. The van der Waals surface area contributed by atoms with Crippen LogP contribution in [0.15, 0.2) is 39.4 Å². The summed E-state index contributed by atoms with van der Waals surface area (Å²) in [6, 6.07) is 11.7. The first-order valence-corrected chi connectivity index (χ1v) is 9.29. The van der Waals surface area contributed by atoms with Gasteiger partial charge in [-0.3, -0.25) is 0 Å². The van der Waals surface area contributed by atoms with Gasteiger partial charge in [-0.05, 0) is 44.3 Å².